The summed E-state index contributed by atoms with van der Waals surface area (Å²) in [6.45, 7) is 8.57. The SMILES string of the molecule is CC(C)CNCc1coc(CN(C)CC2CCCCC2)c1. The second-order valence-electron chi connectivity index (χ2n) is 7.15. The topological polar surface area (TPSA) is 28.4 Å². The predicted molar refractivity (Wildman–Crippen MR) is 88.2 cm³/mol. The minimum atomic E-state index is 0.693. The first kappa shape index (κ1) is 16.6. The maximum atomic E-state index is 5.70. The predicted octanol–water partition coefficient (Wildman–Crippen LogP) is 4.04. The van der Waals surface area contributed by atoms with Crippen LogP contribution in [-0.2, 0) is 13.1 Å². The van der Waals surface area contributed by atoms with Gasteiger partial charge in [0, 0.05) is 18.7 Å². The van der Waals surface area contributed by atoms with Crippen molar-refractivity contribution in [2.75, 3.05) is 20.1 Å². The number of hydrogen-bond acceptors (Lipinski definition) is 3. The van der Waals surface area contributed by atoms with Crippen molar-refractivity contribution >= 4 is 0 Å². The fourth-order valence-electron chi connectivity index (χ4n) is 3.25. The lowest BCUT2D eigenvalue weighted by molar-refractivity contribution is 0.216. The van der Waals surface area contributed by atoms with Crippen LogP contribution in [0.2, 0.25) is 0 Å². The van der Waals surface area contributed by atoms with Crippen LogP contribution in [0.15, 0.2) is 16.7 Å². The summed E-state index contributed by atoms with van der Waals surface area (Å²) in [5, 5.41) is 3.46. The summed E-state index contributed by atoms with van der Waals surface area (Å²) in [6.07, 6.45) is 9.00. The van der Waals surface area contributed by atoms with E-state index in [2.05, 4.69) is 37.2 Å². The Balaban J connectivity index is 1.70. The van der Waals surface area contributed by atoms with Crippen molar-refractivity contribution in [3.63, 3.8) is 0 Å². The first-order valence-corrected chi connectivity index (χ1v) is 8.59. The molecule has 1 heterocycles. The van der Waals surface area contributed by atoms with Crippen LogP contribution in [-0.4, -0.2) is 25.0 Å². The van der Waals surface area contributed by atoms with Crippen LogP contribution in [0.3, 0.4) is 0 Å². The van der Waals surface area contributed by atoms with Crippen LogP contribution < -0.4 is 5.32 Å². The van der Waals surface area contributed by atoms with Gasteiger partial charge in [0.1, 0.15) is 5.76 Å². The molecule has 1 aromatic rings. The molecular formula is C18H32N2O. The summed E-state index contributed by atoms with van der Waals surface area (Å²) in [5.74, 6) is 2.68. The molecule has 0 radical (unpaired) electrons. The fourth-order valence-corrected chi connectivity index (χ4v) is 3.25. The summed E-state index contributed by atoms with van der Waals surface area (Å²) in [6, 6.07) is 2.20. The van der Waals surface area contributed by atoms with Gasteiger partial charge in [-0.2, -0.15) is 0 Å². The molecular weight excluding hydrogens is 260 g/mol. The van der Waals surface area contributed by atoms with E-state index in [9.17, 15) is 0 Å². The van der Waals surface area contributed by atoms with Crippen LogP contribution in [0.5, 0.6) is 0 Å². The smallest absolute Gasteiger partial charge is 0.118 e. The van der Waals surface area contributed by atoms with E-state index in [4.69, 9.17) is 4.42 Å². The Morgan fingerprint density at radius 3 is 2.76 bits per heavy atom. The highest BCUT2D eigenvalue weighted by molar-refractivity contribution is 5.12. The molecule has 0 bridgehead atoms. The molecule has 0 saturated heterocycles. The molecule has 0 spiro atoms. The quantitative estimate of drug-likeness (QED) is 0.784. The third-order valence-electron chi connectivity index (χ3n) is 4.31. The van der Waals surface area contributed by atoms with Gasteiger partial charge in [-0.15, -0.1) is 0 Å². The van der Waals surface area contributed by atoms with Crippen LogP contribution in [0, 0.1) is 11.8 Å². The van der Waals surface area contributed by atoms with Gasteiger partial charge < -0.3 is 9.73 Å². The Morgan fingerprint density at radius 1 is 1.29 bits per heavy atom. The monoisotopic (exact) mass is 292 g/mol. The van der Waals surface area contributed by atoms with Gasteiger partial charge in [-0.3, -0.25) is 4.90 Å². The minimum Gasteiger partial charge on any atom is -0.468 e. The zero-order valence-electron chi connectivity index (χ0n) is 14.0. The number of rotatable bonds is 8. The van der Waals surface area contributed by atoms with Crippen molar-refractivity contribution in [2.45, 2.75) is 59.0 Å². The fraction of sp³-hybridized carbons (Fsp3) is 0.778. The van der Waals surface area contributed by atoms with Gasteiger partial charge in [0.05, 0.1) is 12.8 Å². The molecule has 0 aromatic carbocycles. The first-order chi connectivity index (χ1) is 10.1. The Labute approximate surface area is 130 Å². The van der Waals surface area contributed by atoms with Gasteiger partial charge in [0.2, 0.25) is 0 Å². The number of nitrogens with zero attached hydrogens (tertiary/aromatic N) is 1. The van der Waals surface area contributed by atoms with E-state index in [1.807, 2.05) is 6.26 Å². The molecule has 21 heavy (non-hydrogen) atoms. The summed E-state index contributed by atoms with van der Waals surface area (Å²) >= 11 is 0. The Morgan fingerprint density at radius 2 is 2.05 bits per heavy atom. The van der Waals surface area contributed by atoms with Crippen molar-refractivity contribution in [1.82, 2.24) is 10.2 Å². The first-order valence-electron chi connectivity index (χ1n) is 8.59. The third-order valence-corrected chi connectivity index (χ3v) is 4.31. The van der Waals surface area contributed by atoms with E-state index < -0.39 is 0 Å². The van der Waals surface area contributed by atoms with Crippen LogP contribution in [0.4, 0.5) is 0 Å². The molecule has 1 aliphatic carbocycles. The molecule has 0 unspecified atom stereocenters. The molecule has 1 saturated carbocycles. The Bertz CT molecular complexity index is 394. The van der Waals surface area contributed by atoms with Crippen molar-refractivity contribution in [3.8, 4) is 0 Å². The summed E-state index contributed by atoms with van der Waals surface area (Å²) in [4.78, 5) is 2.42. The number of hydrogen-bond donors (Lipinski definition) is 1. The van der Waals surface area contributed by atoms with Gasteiger partial charge in [0.15, 0.2) is 0 Å². The highest BCUT2D eigenvalue weighted by atomic mass is 16.3. The molecule has 1 fully saturated rings. The van der Waals surface area contributed by atoms with Crippen LogP contribution >= 0.6 is 0 Å². The average Bonchev–Trinajstić information content (AvgIpc) is 2.86. The zero-order chi connectivity index (χ0) is 15.1. The van der Waals surface area contributed by atoms with Gasteiger partial charge >= 0.3 is 0 Å². The molecule has 0 aliphatic heterocycles. The highest BCUT2D eigenvalue weighted by Crippen LogP contribution is 2.24. The van der Waals surface area contributed by atoms with Crippen molar-refractivity contribution < 1.29 is 4.42 Å². The van der Waals surface area contributed by atoms with Gasteiger partial charge in [-0.1, -0.05) is 33.1 Å². The Kier molecular flexibility index (Phi) is 6.78. The summed E-state index contributed by atoms with van der Waals surface area (Å²) < 4.78 is 5.70. The summed E-state index contributed by atoms with van der Waals surface area (Å²) in [5.41, 5.74) is 1.26. The van der Waals surface area contributed by atoms with Crippen molar-refractivity contribution in [3.05, 3.63) is 23.7 Å². The Hall–Kier alpha value is -0.800. The van der Waals surface area contributed by atoms with E-state index in [-0.39, 0.29) is 0 Å². The molecule has 2 rings (SSSR count). The molecule has 1 N–H and O–H groups in total. The maximum absolute atomic E-state index is 5.70. The van der Waals surface area contributed by atoms with E-state index in [1.54, 1.807) is 0 Å². The van der Waals surface area contributed by atoms with E-state index >= 15 is 0 Å². The molecule has 1 aliphatic rings. The third kappa shape index (κ3) is 6.23. The van der Waals surface area contributed by atoms with E-state index in [0.29, 0.717) is 5.92 Å². The molecule has 3 nitrogen and oxygen atoms in total. The van der Waals surface area contributed by atoms with Gasteiger partial charge in [0.25, 0.3) is 0 Å². The van der Waals surface area contributed by atoms with Crippen LogP contribution in [0.25, 0.3) is 0 Å². The molecule has 0 amide bonds. The largest absolute Gasteiger partial charge is 0.468 e. The normalized spacial score (nSPS) is 17.0. The van der Waals surface area contributed by atoms with Gasteiger partial charge in [-0.05, 0) is 44.3 Å². The minimum absolute atomic E-state index is 0.693. The summed E-state index contributed by atoms with van der Waals surface area (Å²) in [7, 11) is 2.22. The number of nitrogens with one attached hydrogen (secondary N) is 1. The lowest BCUT2D eigenvalue weighted by Gasteiger charge is -2.26. The van der Waals surface area contributed by atoms with E-state index in [1.165, 1.54) is 44.2 Å². The lowest BCUT2D eigenvalue weighted by atomic mass is 9.89. The second kappa shape index (κ2) is 8.60. The van der Waals surface area contributed by atoms with Crippen molar-refractivity contribution in [2.24, 2.45) is 11.8 Å². The maximum Gasteiger partial charge on any atom is 0.118 e. The molecule has 3 heteroatoms. The average molecular weight is 292 g/mol. The number of furan rings is 1. The lowest BCUT2D eigenvalue weighted by Crippen LogP contribution is -2.26. The molecule has 0 atom stereocenters. The molecule has 1 aromatic heterocycles. The standard InChI is InChI=1S/C18H32N2O/c1-15(2)10-19-11-17-9-18(21-14-17)13-20(3)12-16-7-5-4-6-8-16/h9,14-16,19H,4-8,10-13H2,1-3H3. The van der Waals surface area contributed by atoms with Gasteiger partial charge in [-0.25, -0.2) is 0 Å². The zero-order valence-corrected chi connectivity index (χ0v) is 14.0. The second-order valence-corrected chi connectivity index (χ2v) is 7.15. The van der Waals surface area contributed by atoms with E-state index in [0.717, 1.165) is 31.3 Å². The highest BCUT2D eigenvalue weighted by Gasteiger charge is 2.16. The molecule has 120 valence electrons. The van der Waals surface area contributed by atoms with Crippen molar-refractivity contribution in [1.29, 1.82) is 0 Å². The van der Waals surface area contributed by atoms with Crippen LogP contribution in [0.1, 0.15) is 57.3 Å².